The van der Waals surface area contributed by atoms with E-state index in [-0.39, 0.29) is 17.9 Å². The molecule has 10 heteroatoms. The lowest BCUT2D eigenvalue weighted by atomic mass is 10.5. The summed E-state index contributed by atoms with van der Waals surface area (Å²) in [6.45, 7) is 1.77. The van der Waals surface area contributed by atoms with Crippen LogP contribution in [0, 0.1) is 0 Å². The minimum atomic E-state index is -0.880. The van der Waals surface area contributed by atoms with Crippen molar-refractivity contribution in [2.75, 3.05) is 6.61 Å². The van der Waals surface area contributed by atoms with Gasteiger partial charge in [-0.25, -0.2) is 14.6 Å². The molecule has 20 heavy (non-hydrogen) atoms. The monoisotopic (exact) mass is 300 g/mol. The molecule has 0 atom stereocenters. The first kappa shape index (κ1) is 15.9. The van der Waals surface area contributed by atoms with E-state index in [9.17, 15) is 14.4 Å². The number of hydrogen-bond donors (Lipinski definition) is 2. The van der Waals surface area contributed by atoms with Crippen molar-refractivity contribution in [2.24, 2.45) is 14.1 Å². The fourth-order valence-electron chi connectivity index (χ4n) is 1.46. The van der Waals surface area contributed by atoms with Gasteiger partial charge in [-0.05, 0) is 0 Å². The molecule has 2 rings (SSSR count). The van der Waals surface area contributed by atoms with Crippen LogP contribution in [0.2, 0.25) is 6.55 Å². The summed E-state index contributed by atoms with van der Waals surface area (Å²) in [5.74, 6) is -0.880. The largest absolute Gasteiger partial charge is 0.480 e. The molecular weight excluding hydrogens is 284 g/mol. The van der Waals surface area contributed by atoms with Crippen molar-refractivity contribution in [2.45, 2.75) is 6.55 Å². The van der Waals surface area contributed by atoms with Gasteiger partial charge in [-0.2, -0.15) is 0 Å². The van der Waals surface area contributed by atoms with Crippen molar-refractivity contribution in [3.05, 3.63) is 27.2 Å². The molecule has 0 aliphatic rings. The number of rotatable bonds is 3. The van der Waals surface area contributed by atoms with Crippen molar-refractivity contribution in [1.29, 1.82) is 0 Å². The molecule has 0 amide bonds. The van der Waals surface area contributed by atoms with E-state index in [0.717, 1.165) is 4.57 Å². The van der Waals surface area contributed by atoms with Gasteiger partial charge in [-0.3, -0.25) is 13.9 Å². The van der Waals surface area contributed by atoms with Crippen molar-refractivity contribution >= 4 is 26.9 Å². The van der Waals surface area contributed by atoms with Crippen LogP contribution in [-0.4, -0.2) is 46.5 Å². The Hall–Kier alpha value is -2.20. The van der Waals surface area contributed by atoms with E-state index in [0.29, 0.717) is 11.2 Å². The van der Waals surface area contributed by atoms with Gasteiger partial charge in [0.25, 0.3) is 5.56 Å². The number of nitrogens with one attached hydrogen (secondary N) is 1. The summed E-state index contributed by atoms with van der Waals surface area (Å²) >= 11 is 0. The van der Waals surface area contributed by atoms with Gasteiger partial charge >= 0.3 is 11.7 Å². The van der Waals surface area contributed by atoms with Crippen LogP contribution in [-0.2, 0) is 23.3 Å². The fraction of sp³-hybridized carbons (Fsp3) is 0.400. The van der Waals surface area contributed by atoms with E-state index in [1.54, 1.807) is 7.05 Å². The summed E-state index contributed by atoms with van der Waals surface area (Å²) in [6, 6.07) is 0. The Kier molecular flexibility index (Phi) is 5.40. The number of H-pyrrole nitrogens is 1. The van der Waals surface area contributed by atoms with Crippen LogP contribution in [0.4, 0.5) is 0 Å². The summed E-state index contributed by atoms with van der Waals surface area (Å²) in [7, 11) is 2.50. The molecule has 0 aliphatic heterocycles. The van der Waals surface area contributed by atoms with Gasteiger partial charge in [0.05, 0.1) is 6.33 Å². The summed E-state index contributed by atoms with van der Waals surface area (Å²) < 4.78 is 7.00. The van der Waals surface area contributed by atoms with Gasteiger partial charge in [0.1, 0.15) is 12.1 Å². The molecule has 0 spiro atoms. The number of aliphatic carboxylic acids is 1. The lowest BCUT2D eigenvalue weighted by molar-refractivity contribution is -0.139. The zero-order chi connectivity index (χ0) is 15.3. The number of imidazole rings is 1. The topological polar surface area (TPSA) is 119 Å². The lowest BCUT2D eigenvalue weighted by Crippen LogP contribution is -2.36. The number of aromatic nitrogens is 4. The highest BCUT2D eigenvalue weighted by atomic mass is 28.2. The van der Waals surface area contributed by atoms with Crippen LogP contribution in [0.15, 0.2) is 15.9 Å². The third-order valence-corrected chi connectivity index (χ3v) is 3.07. The molecule has 0 aliphatic carbocycles. The first-order valence-corrected chi connectivity index (χ1v) is 7.77. The number of carboxylic acid groups (broad SMARTS) is 1. The van der Waals surface area contributed by atoms with Gasteiger partial charge in [0, 0.05) is 14.1 Å². The standard InChI is InChI=1S/C7H8N4O2.C3H8O3Si/c1-10-5-4(8-3-9-5)6(12)11(2)7(10)13;1-7-6-2-3(4)5/h3H,1-2H3,(H,8,9);2,7H2,1H3,(H,4,5). The summed E-state index contributed by atoms with van der Waals surface area (Å²) in [4.78, 5) is 39.0. The highest BCUT2D eigenvalue weighted by molar-refractivity contribution is 6.25. The van der Waals surface area contributed by atoms with Crippen molar-refractivity contribution < 1.29 is 14.3 Å². The zero-order valence-corrected chi connectivity index (χ0v) is 12.8. The SMILES string of the molecule is C[SiH2]OCC(=O)O.Cn1c(=O)c2[nH]cnc2n(C)c1=O. The number of aryl methyl sites for hydroxylation is 1. The minimum absolute atomic E-state index is 0.122. The smallest absolute Gasteiger partial charge is 0.332 e. The summed E-state index contributed by atoms with van der Waals surface area (Å²) in [6.07, 6.45) is 1.39. The number of carbonyl (C=O) groups is 1. The second-order valence-corrected chi connectivity index (χ2v) is 4.82. The predicted molar refractivity (Wildman–Crippen MR) is 74.6 cm³/mol. The molecule has 2 N–H and O–H groups in total. The van der Waals surface area contributed by atoms with E-state index in [4.69, 9.17) is 5.11 Å². The molecular formula is C10H16N4O5Si. The first-order chi connectivity index (χ1) is 9.40. The molecule has 0 unspecified atom stereocenters. The maximum absolute atomic E-state index is 11.4. The van der Waals surface area contributed by atoms with Crippen LogP contribution in [0.5, 0.6) is 0 Å². The third kappa shape index (κ3) is 3.42. The molecule has 2 aromatic heterocycles. The second-order valence-electron chi connectivity index (χ2n) is 3.84. The van der Waals surface area contributed by atoms with Gasteiger partial charge < -0.3 is 14.5 Å². The third-order valence-electron chi connectivity index (χ3n) is 2.46. The van der Waals surface area contributed by atoms with E-state index < -0.39 is 15.7 Å². The number of hydrogen-bond acceptors (Lipinski definition) is 5. The van der Waals surface area contributed by atoms with E-state index in [2.05, 4.69) is 14.4 Å². The average molecular weight is 300 g/mol. The number of nitrogens with zero attached hydrogens (tertiary/aromatic N) is 3. The lowest BCUT2D eigenvalue weighted by Gasteiger charge is -2.00. The minimum Gasteiger partial charge on any atom is -0.480 e. The maximum atomic E-state index is 11.4. The van der Waals surface area contributed by atoms with Crippen LogP contribution in [0.25, 0.3) is 11.2 Å². The molecule has 0 aromatic carbocycles. The van der Waals surface area contributed by atoms with E-state index in [1.807, 2.05) is 6.55 Å². The Labute approximate surface area is 115 Å². The van der Waals surface area contributed by atoms with Crippen LogP contribution >= 0.6 is 0 Å². The average Bonchev–Trinajstić information content (AvgIpc) is 2.90. The van der Waals surface area contributed by atoms with Gasteiger partial charge in [-0.1, -0.05) is 6.55 Å². The fourth-order valence-corrected chi connectivity index (χ4v) is 1.84. The molecule has 0 saturated heterocycles. The molecule has 110 valence electrons. The molecule has 0 saturated carbocycles. The molecule has 0 fully saturated rings. The highest BCUT2D eigenvalue weighted by Gasteiger charge is 2.08. The first-order valence-electron chi connectivity index (χ1n) is 5.78. The molecule has 2 heterocycles. The highest BCUT2D eigenvalue weighted by Crippen LogP contribution is 1.97. The number of aromatic amines is 1. The van der Waals surface area contributed by atoms with Crippen molar-refractivity contribution in [3.63, 3.8) is 0 Å². The molecule has 9 nitrogen and oxygen atoms in total. The normalized spacial score (nSPS) is 10.8. The van der Waals surface area contributed by atoms with E-state index in [1.165, 1.54) is 17.9 Å². The van der Waals surface area contributed by atoms with Crippen LogP contribution < -0.4 is 11.2 Å². The Bertz CT molecular complexity index is 716. The maximum Gasteiger partial charge on any atom is 0.332 e. The zero-order valence-electron chi connectivity index (χ0n) is 11.4. The molecule has 2 aromatic rings. The quantitative estimate of drug-likeness (QED) is 0.644. The van der Waals surface area contributed by atoms with Gasteiger partial charge in [0.15, 0.2) is 15.4 Å². The Balaban J connectivity index is 0.000000246. The van der Waals surface area contributed by atoms with Crippen molar-refractivity contribution in [3.8, 4) is 0 Å². The number of fused-ring (bicyclic) bond motifs is 1. The summed E-state index contributed by atoms with van der Waals surface area (Å²) in [5, 5.41) is 7.94. The Morgan fingerprint density at radius 3 is 2.60 bits per heavy atom. The van der Waals surface area contributed by atoms with Gasteiger partial charge in [-0.15, -0.1) is 0 Å². The van der Waals surface area contributed by atoms with Crippen molar-refractivity contribution in [1.82, 2.24) is 19.1 Å². The Morgan fingerprint density at radius 1 is 1.45 bits per heavy atom. The van der Waals surface area contributed by atoms with Crippen LogP contribution in [0.1, 0.15) is 0 Å². The molecule has 0 radical (unpaired) electrons. The molecule has 0 bridgehead atoms. The van der Waals surface area contributed by atoms with Crippen LogP contribution in [0.3, 0.4) is 0 Å². The summed E-state index contributed by atoms with van der Waals surface area (Å²) in [5.41, 5.74) is 0.0119. The van der Waals surface area contributed by atoms with E-state index >= 15 is 0 Å². The predicted octanol–water partition coefficient (Wildman–Crippen LogP) is -1.82. The van der Waals surface area contributed by atoms with Gasteiger partial charge in [0.2, 0.25) is 0 Å². The Morgan fingerprint density at radius 2 is 2.10 bits per heavy atom. The second kappa shape index (κ2) is 6.82. The number of carboxylic acids is 1.